The number of para-hydroxylation sites is 1. The van der Waals surface area contributed by atoms with Crippen LogP contribution in [0.4, 0.5) is 5.69 Å². The molecule has 0 unspecified atom stereocenters. The first kappa shape index (κ1) is 20.8. The van der Waals surface area contributed by atoms with Gasteiger partial charge in [-0.3, -0.25) is 14.4 Å². The van der Waals surface area contributed by atoms with Crippen LogP contribution in [0.25, 0.3) is 0 Å². The monoisotopic (exact) mass is 436 g/mol. The summed E-state index contributed by atoms with van der Waals surface area (Å²) in [7, 11) is 0. The lowest BCUT2D eigenvalue weighted by Gasteiger charge is -2.17. The highest BCUT2D eigenvalue weighted by atomic mass is 35.5. The Kier molecular flexibility index (Phi) is 6.13. The molecule has 3 aromatic rings. The molecule has 4 rings (SSSR count). The van der Waals surface area contributed by atoms with E-state index in [9.17, 15) is 14.4 Å². The first-order valence-electron chi connectivity index (χ1n) is 10.0. The van der Waals surface area contributed by atoms with Gasteiger partial charge in [-0.25, -0.2) is 4.68 Å². The molecule has 2 amide bonds. The molecule has 1 aliphatic rings. The molecule has 0 saturated carbocycles. The van der Waals surface area contributed by atoms with Crippen molar-refractivity contribution in [2.75, 3.05) is 11.4 Å². The number of amides is 2. The Hall–Kier alpha value is -3.45. The predicted molar refractivity (Wildman–Crippen MR) is 118 cm³/mol. The third kappa shape index (κ3) is 4.83. The maximum Gasteiger partial charge on any atom is 0.278 e. The molecular formula is C23H21ClN4O3. The van der Waals surface area contributed by atoms with Gasteiger partial charge in [0.1, 0.15) is 5.69 Å². The summed E-state index contributed by atoms with van der Waals surface area (Å²) in [6.45, 7) is 1.03. The van der Waals surface area contributed by atoms with Crippen molar-refractivity contribution in [1.82, 2.24) is 15.1 Å². The number of nitrogens with one attached hydrogen (secondary N) is 1. The van der Waals surface area contributed by atoms with Gasteiger partial charge >= 0.3 is 0 Å². The Bertz CT molecular complexity index is 1170. The minimum atomic E-state index is -0.358. The standard InChI is InChI=1S/C23H21ClN4O3/c24-18-7-5-16(6-8-18)15-25-21(29)12-14-28-22(30)10-9-19(26-28)23(31)27-13-11-17-3-1-2-4-20(17)27/h1-10H,11-15H2,(H,25,29). The van der Waals surface area contributed by atoms with Crippen LogP contribution in [-0.2, 0) is 24.3 Å². The Balaban J connectivity index is 1.39. The van der Waals surface area contributed by atoms with Crippen molar-refractivity contribution in [3.05, 3.63) is 92.9 Å². The second-order valence-electron chi connectivity index (χ2n) is 7.27. The minimum Gasteiger partial charge on any atom is -0.352 e. The van der Waals surface area contributed by atoms with E-state index < -0.39 is 0 Å². The number of fused-ring (bicyclic) bond motifs is 1. The number of nitrogens with zero attached hydrogens (tertiary/aromatic N) is 3. The van der Waals surface area contributed by atoms with Crippen LogP contribution >= 0.6 is 11.6 Å². The smallest absolute Gasteiger partial charge is 0.278 e. The van der Waals surface area contributed by atoms with Crippen molar-refractivity contribution in [1.29, 1.82) is 0 Å². The van der Waals surface area contributed by atoms with Gasteiger partial charge in [0, 0.05) is 36.3 Å². The van der Waals surface area contributed by atoms with Gasteiger partial charge in [0.25, 0.3) is 11.5 Å². The zero-order valence-corrected chi connectivity index (χ0v) is 17.5. The molecule has 7 nitrogen and oxygen atoms in total. The van der Waals surface area contributed by atoms with Crippen LogP contribution in [0.3, 0.4) is 0 Å². The molecule has 158 valence electrons. The van der Waals surface area contributed by atoms with Crippen molar-refractivity contribution in [3.63, 3.8) is 0 Å². The van der Waals surface area contributed by atoms with Crippen molar-refractivity contribution >= 4 is 29.1 Å². The Morgan fingerprint density at radius 1 is 1.03 bits per heavy atom. The molecule has 1 aromatic heterocycles. The molecule has 0 fully saturated rings. The molecule has 0 atom stereocenters. The Labute approximate surface area is 184 Å². The Morgan fingerprint density at radius 2 is 1.81 bits per heavy atom. The summed E-state index contributed by atoms with van der Waals surface area (Å²) in [5, 5.41) is 7.64. The fourth-order valence-electron chi connectivity index (χ4n) is 3.51. The van der Waals surface area contributed by atoms with Crippen LogP contribution in [0.15, 0.2) is 65.5 Å². The summed E-state index contributed by atoms with van der Waals surface area (Å²) < 4.78 is 1.16. The number of aromatic nitrogens is 2. The van der Waals surface area contributed by atoms with E-state index in [0.717, 1.165) is 27.9 Å². The molecule has 0 radical (unpaired) electrons. The summed E-state index contributed by atoms with van der Waals surface area (Å²) in [5.41, 5.74) is 2.73. The van der Waals surface area contributed by atoms with E-state index in [0.29, 0.717) is 18.1 Å². The SMILES string of the molecule is O=C(CCn1nc(C(=O)N2CCc3ccccc32)ccc1=O)NCc1ccc(Cl)cc1. The van der Waals surface area contributed by atoms with Gasteiger partial charge in [0.05, 0.1) is 6.54 Å². The van der Waals surface area contributed by atoms with Crippen LogP contribution < -0.4 is 15.8 Å². The molecule has 2 heterocycles. The minimum absolute atomic E-state index is 0.0741. The zero-order valence-electron chi connectivity index (χ0n) is 16.8. The van der Waals surface area contributed by atoms with Gasteiger partial charge in [-0.2, -0.15) is 5.10 Å². The maximum absolute atomic E-state index is 13.0. The molecule has 0 saturated heterocycles. The number of hydrogen-bond acceptors (Lipinski definition) is 4. The average Bonchev–Trinajstić information content (AvgIpc) is 3.22. The molecule has 8 heteroatoms. The van der Waals surface area contributed by atoms with Gasteiger partial charge in [0.15, 0.2) is 0 Å². The molecule has 1 N–H and O–H groups in total. The second kappa shape index (κ2) is 9.14. The highest BCUT2D eigenvalue weighted by Crippen LogP contribution is 2.28. The first-order valence-corrected chi connectivity index (χ1v) is 10.4. The molecule has 2 aromatic carbocycles. The molecule has 0 aliphatic carbocycles. The third-order valence-electron chi connectivity index (χ3n) is 5.17. The lowest BCUT2D eigenvalue weighted by molar-refractivity contribution is -0.121. The van der Waals surface area contributed by atoms with E-state index >= 15 is 0 Å². The van der Waals surface area contributed by atoms with Crippen molar-refractivity contribution in [2.45, 2.75) is 25.9 Å². The van der Waals surface area contributed by atoms with Crippen LogP contribution in [0.5, 0.6) is 0 Å². The van der Waals surface area contributed by atoms with Crippen LogP contribution in [0.2, 0.25) is 5.02 Å². The summed E-state index contributed by atoms with van der Waals surface area (Å²) in [4.78, 5) is 39.0. The van der Waals surface area contributed by atoms with Crippen molar-refractivity contribution < 1.29 is 9.59 Å². The molecule has 1 aliphatic heterocycles. The highest BCUT2D eigenvalue weighted by molar-refractivity contribution is 6.30. The Morgan fingerprint density at radius 3 is 2.61 bits per heavy atom. The normalized spacial score (nSPS) is 12.5. The molecular weight excluding hydrogens is 416 g/mol. The van der Waals surface area contributed by atoms with Crippen molar-refractivity contribution in [2.24, 2.45) is 0 Å². The number of rotatable bonds is 6. The average molecular weight is 437 g/mol. The summed E-state index contributed by atoms with van der Waals surface area (Å²) in [5.74, 6) is -0.472. The number of halogens is 1. The van der Waals surface area contributed by atoms with E-state index in [-0.39, 0.29) is 36.0 Å². The van der Waals surface area contributed by atoms with Crippen molar-refractivity contribution in [3.8, 4) is 0 Å². The van der Waals surface area contributed by atoms with Crippen LogP contribution in [0.1, 0.15) is 28.0 Å². The van der Waals surface area contributed by atoms with E-state index in [4.69, 9.17) is 11.6 Å². The number of benzene rings is 2. The molecule has 0 spiro atoms. The highest BCUT2D eigenvalue weighted by Gasteiger charge is 2.26. The number of hydrogen-bond donors (Lipinski definition) is 1. The first-order chi connectivity index (χ1) is 15.0. The number of carbonyl (C=O) groups excluding carboxylic acids is 2. The maximum atomic E-state index is 13.0. The largest absolute Gasteiger partial charge is 0.352 e. The lowest BCUT2D eigenvalue weighted by atomic mass is 10.2. The van der Waals surface area contributed by atoms with Gasteiger partial charge in [-0.05, 0) is 41.8 Å². The summed E-state index contributed by atoms with van der Waals surface area (Å²) in [6, 6.07) is 17.7. The zero-order chi connectivity index (χ0) is 21.8. The fourth-order valence-corrected chi connectivity index (χ4v) is 3.64. The van der Waals surface area contributed by atoms with E-state index in [2.05, 4.69) is 10.4 Å². The topological polar surface area (TPSA) is 84.3 Å². The second-order valence-corrected chi connectivity index (χ2v) is 7.71. The van der Waals surface area contributed by atoms with Gasteiger partial charge in [-0.1, -0.05) is 41.9 Å². The summed E-state index contributed by atoms with van der Waals surface area (Å²) >= 11 is 5.85. The van der Waals surface area contributed by atoms with Gasteiger partial charge in [-0.15, -0.1) is 0 Å². The van der Waals surface area contributed by atoms with Gasteiger partial charge < -0.3 is 10.2 Å². The summed E-state index contributed by atoms with van der Waals surface area (Å²) in [6.07, 6.45) is 0.861. The molecule has 31 heavy (non-hydrogen) atoms. The predicted octanol–water partition coefficient (Wildman–Crippen LogP) is 2.81. The number of aryl methyl sites for hydroxylation is 1. The fraction of sp³-hybridized carbons (Fsp3) is 0.217. The van der Waals surface area contributed by atoms with Gasteiger partial charge in [0.2, 0.25) is 5.91 Å². The lowest BCUT2D eigenvalue weighted by Crippen LogP contribution is -2.33. The number of anilines is 1. The van der Waals surface area contributed by atoms with Crippen LogP contribution in [-0.4, -0.2) is 28.1 Å². The van der Waals surface area contributed by atoms with Crippen LogP contribution in [0, 0.1) is 0 Å². The quantitative estimate of drug-likeness (QED) is 0.644. The van der Waals surface area contributed by atoms with E-state index in [1.165, 1.54) is 12.1 Å². The third-order valence-corrected chi connectivity index (χ3v) is 5.42. The number of carbonyl (C=O) groups is 2. The molecule has 0 bridgehead atoms. The van der Waals surface area contributed by atoms with E-state index in [1.807, 2.05) is 36.4 Å². The van der Waals surface area contributed by atoms with E-state index in [1.54, 1.807) is 17.0 Å².